The van der Waals surface area contributed by atoms with Gasteiger partial charge in [0.25, 0.3) is 0 Å². The van der Waals surface area contributed by atoms with Crippen molar-refractivity contribution in [1.29, 1.82) is 0 Å². The maximum Gasteiger partial charge on any atom is 0.237 e. The van der Waals surface area contributed by atoms with Gasteiger partial charge in [-0.05, 0) is 37.2 Å². The zero-order valence-electron chi connectivity index (χ0n) is 11.9. The van der Waals surface area contributed by atoms with Crippen LogP contribution in [0.15, 0.2) is 30.3 Å². The van der Waals surface area contributed by atoms with Crippen LogP contribution < -0.4 is 11.1 Å². The van der Waals surface area contributed by atoms with E-state index in [1.807, 2.05) is 18.2 Å². The van der Waals surface area contributed by atoms with Crippen molar-refractivity contribution < 1.29 is 9.53 Å². The van der Waals surface area contributed by atoms with Gasteiger partial charge in [-0.25, -0.2) is 0 Å². The second kappa shape index (κ2) is 8.02. The summed E-state index contributed by atoms with van der Waals surface area (Å²) in [6, 6.07) is 9.91. The first-order valence-corrected chi connectivity index (χ1v) is 7.42. The predicted octanol–water partition coefficient (Wildman–Crippen LogP) is 1.49. The van der Waals surface area contributed by atoms with Crippen LogP contribution in [0.3, 0.4) is 0 Å². The fraction of sp³-hybridized carbons (Fsp3) is 0.562. The molecule has 3 N–H and O–H groups in total. The van der Waals surface area contributed by atoms with Crippen molar-refractivity contribution in [2.75, 3.05) is 19.8 Å². The molecule has 0 aliphatic carbocycles. The highest BCUT2D eigenvalue weighted by Gasteiger charge is 2.26. The Labute approximate surface area is 120 Å². The number of benzene rings is 1. The van der Waals surface area contributed by atoms with Crippen LogP contribution >= 0.6 is 0 Å². The minimum Gasteiger partial charge on any atom is -0.381 e. The van der Waals surface area contributed by atoms with Crippen LogP contribution in [0, 0.1) is 5.92 Å². The molecular formula is C16H24N2O2. The minimum absolute atomic E-state index is 0.0232. The van der Waals surface area contributed by atoms with E-state index in [0.717, 1.165) is 38.9 Å². The van der Waals surface area contributed by atoms with Gasteiger partial charge in [0.1, 0.15) is 0 Å². The first-order valence-electron chi connectivity index (χ1n) is 7.42. The molecule has 1 aliphatic rings. The number of rotatable bonds is 6. The summed E-state index contributed by atoms with van der Waals surface area (Å²) in [6.07, 6.45) is 3.70. The molecule has 1 fully saturated rings. The number of nitrogens with two attached hydrogens (primary N) is 1. The van der Waals surface area contributed by atoms with E-state index in [1.54, 1.807) is 0 Å². The van der Waals surface area contributed by atoms with Crippen molar-refractivity contribution in [2.24, 2.45) is 11.7 Å². The van der Waals surface area contributed by atoms with Gasteiger partial charge >= 0.3 is 0 Å². The van der Waals surface area contributed by atoms with Crippen LogP contribution in [-0.4, -0.2) is 31.7 Å². The third kappa shape index (κ3) is 4.62. The van der Waals surface area contributed by atoms with E-state index < -0.39 is 6.04 Å². The maximum absolute atomic E-state index is 12.0. The predicted molar refractivity (Wildman–Crippen MR) is 79.3 cm³/mol. The summed E-state index contributed by atoms with van der Waals surface area (Å²) >= 11 is 0. The molecule has 0 spiro atoms. The Balaban J connectivity index is 1.64. The van der Waals surface area contributed by atoms with Crippen LogP contribution in [0.2, 0.25) is 0 Å². The quantitative estimate of drug-likeness (QED) is 0.774. The van der Waals surface area contributed by atoms with Crippen LogP contribution in [0.1, 0.15) is 24.8 Å². The lowest BCUT2D eigenvalue weighted by Crippen LogP contribution is -2.47. The summed E-state index contributed by atoms with van der Waals surface area (Å²) in [5.41, 5.74) is 7.32. The average Bonchev–Trinajstić information content (AvgIpc) is 2.52. The maximum atomic E-state index is 12.0. The molecular weight excluding hydrogens is 252 g/mol. The van der Waals surface area contributed by atoms with Gasteiger partial charge in [0.05, 0.1) is 6.04 Å². The summed E-state index contributed by atoms with van der Waals surface area (Å²) < 4.78 is 5.29. The molecule has 1 atom stereocenters. The van der Waals surface area contributed by atoms with E-state index in [-0.39, 0.29) is 11.8 Å². The lowest BCUT2D eigenvalue weighted by molar-refractivity contribution is -0.124. The van der Waals surface area contributed by atoms with E-state index >= 15 is 0 Å². The third-order valence-electron chi connectivity index (χ3n) is 3.86. The van der Waals surface area contributed by atoms with E-state index in [9.17, 15) is 4.79 Å². The van der Waals surface area contributed by atoms with Gasteiger partial charge in [-0.15, -0.1) is 0 Å². The molecule has 20 heavy (non-hydrogen) atoms. The van der Waals surface area contributed by atoms with Crippen molar-refractivity contribution in [1.82, 2.24) is 5.32 Å². The Morgan fingerprint density at radius 2 is 2.00 bits per heavy atom. The largest absolute Gasteiger partial charge is 0.381 e. The first-order chi connectivity index (χ1) is 9.77. The summed E-state index contributed by atoms with van der Waals surface area (Å²) in [5.74, 6) is 0.239. The molecule has 1 saturated heterocycles. The Kier molecular flexibility index (Phi) is 6.02. The fourth-order valence-corrected chi connectivity index (χ4v) is 2.56. The van der Waals surface area contributed by atoms with Gasteiger partial charge in [0.15, 0.2) is 0 Å². The number of amides is 1. The van der Waals surface area contributed by atoms with Gasteiger partial charge in [-0.2, -0.15) is 0 Å². The van der Waals surface area contributed by atoms with Gasteiger partial charge in [-0.3, -0.25) is 4.79 Å². The topological polar surface area (TPSA) is 64.4 Å². The summed E-state index contributed by atoms with van der Waals surface area (Å²) in [6.45, 7) is 2.13. The highest BCUT2D eigenvalue weighted by atomic mass is 16.5. The molecule has 2 rings (SSSR count). The SMILES string of the molecule is NC(C(=O)NCCCc1ccccc1)C1CCOCC1. The van der Waals surface area contributed by atoms with Crippen LogP contribution in [0.4, 0.5) is 0 Å². The van der Waals surface area contributed by atoms with Crippen molar-refractivity contribution >= 4 is 5.91 Å². The Morgan fingerprint density at radius 3 is 2.70 bits per heavy atom. The zero-order valence-corrected chi connectivity index (χ0v) is 11.9. The normalized spacial score (nSPS) is 17.6. The molecule has 1 aliphatic heterocycles. The molecule has 110 valence electrons. The highest BCUT2D eigenvalue weighted by Crippen LogP contribution is 2.17. The third-order valence-corrected chi connectivity index (χ3v) is 3.86. The van der Waals surface area contributed by atoms with Crippen LogP contribution in [0.5, 0.6) is 0 Å². The van der Waals surface area contributed by atoms with Crippen LogP contribution in [-0.2, 0) is 16.0 Å². The zero-order chi connectivity index (χ0) is 14.2. The summed E-state index contributed by atoms with van der Waals surface area (Å²) in [5, 5.41) is 2.95. The first kappa shape index (κ1) is 15.0. The number of aryl methyl sites for hydroxylation is 1. The molecule has 1 unspecified atom stereocenters. The van der Waals surface area contributed by atoms with Gasteiger partial charge < -0.3 is 15.8 Å². The molecule has 1 aromatic carbocycles. The lowest BCUT2D eigenvalue weighted by atomic mass is 9.92. The van der Waals surface area contributed by atoms with Crippen molar-refractivity contribution in [3.05, 3.63) is 35.9 Å². The number of hydrogen-bond donors (Lipinski definition) is 2. The smallest absolute Gasteiger partial charge is 0.237 e. The van der Waals surface area contributed by atoms with Gasteiger partial charge in [-0.1, -0.05) is 30.3 Å². The van der Waals surface area contributed by atoms with Crippen LogP contribution in [0.25, 0.3) is 0 Å². The van der Waals surface area contributed by atoms with Crippen molar-refractivity contribution in [3.8, 4) is 0 Å². The minimum atomic E-state index is -0.393. The number of ether oxygens (including phenoxy) is 1. The number of nitrogens with one attached hydrogen (secondary N) is 1. The van der Waals surface area contributed by atoms with Crippen molar-refractivity contribution in [2.45, 2.75) is 31.7 Å². The van der Waals surface area contributed by atoms with Gasteiger partial charge in [0, 0.05) is 19.8 Å². The Morgan fingerprint density at radius 1 is 1.30 bits per heavy atom. The number of carbonyl (C=O) groups excluding carboxylic acids is 1. The number of carbonyl (C=O) groups is 1. The fourth-order valence-electron chi connectivity index (χ4n) is 2.56. The van der Waals surface area contributed by atoms with E-state index in [2.05, 4.69) is 17.4 Å². The molecule has 4 nitrogen and oxygen atoms in total. The highest BCUT2D eigenvalue weighted by molar-refractivity contribution is 5.81. The Bertz CT molecular complexity index is 402. The van der Waals surface area contributed by atoms with E-state index in [4.69, 9.17) is 10.5 Å². The van der Waals surface area contributed by atoms with Crippen molar-refractivity contribution in [3.63, 3.8) is 0 Å². The van der Waals surface area contributed by atoms with E-state index in [0.29, 0.717) is 6.54 Å². The molecule has 1 amide bonds. The average molecular weight is 276 g/mol. The molecule has 0 bridgehead atoms. The summed E-state index contributed by atoms with van der Waals surface area (Å²) in [4.78, 5) is 12.0. The molecule has 1 heterocycles. The second-order valence-corrected chi connectivity index (χ2v) is 5.36. The standard InChI is InChI=1S/C16H24N2O2/c17-15(14-8-11-20-12-9-14)16(19)18-10-4-7-13-5-2-1-3-6-13/h1-3,5-6,14-15H,4,7-12,17H2,(H,18,19). The molecule has 4 heteroatoms. The molecule has 0 aromatic heterocycles. The Hall–Kier alpha value is -1.39. The second-order valence-electron chi connectivity index (χ2n) is 5.36. The molecule has 0 radical (unpaired) electrons. The molecule has 0 saturated carbocycles. The van der Waals surface area contributed by atoms with Gasteiger partial charge in [0.2, 0.25) is 5.91 Å². The monoisotopic (exact) mass is 276 g/mol. The summed E-state index contributed by atoms with van der Waals surface area (Å²) in [7, 11) is 0. The molecule has 1 aromatic rings. The number of hydrogen-bond acceptors (Lipinski definition) is 3. The van der Waals surface area contributed by atoms with E-state index in [1.165, 1.54) is 5.56 Å². The lowest BCUT2D eigenvalue weighted by Gasteiger charge is -2.26.